The van der Waals surface area contributed by atoms with Gasteiger partial charge < -0.3 is 10.2 Å². The molecule has 35 heavy (non-hydrogen) atoms. The number of nitrogens with zero attached hydrogens (tertiary/aromatic N) is 3. The molecule has 0 saturated carbocycles. The van der Waals surface area contributed by atoms with E-state index in [4.69, 9.17) is 0 Å². The van der Waals surface area contributed by atoms with Crippen LogP contribution in [0.1, 0.15) is 32.0 Å². The molecule has 0 spiro atoms. The number of aromatic nitrogens is 2. The Bertz CT molecular complexity index is 1410. The molecule has 1 fully saturated rings. The molecule has 1 saturated heterocycles. The van der Waals surface area contributed by atoms with Gasteiger partial charge >= 0.3 is 0 Å². The maximum atomic E-state index is 13.9. The molecule has 0 radical (unpaired) electrons. The van der Waals surface area contributed by atoms with Crippen molar-refractivity contribution in [1.29, 1.82) is 0 Å². The Hall–Kier alpha value is -3.58. The summed E-state index contributed by atoms with van der Waals surface area (Å²) < 4.78 is 1.72. The van der Waals surface area contributed by atoms with Crippen LogP contribution in [0.3, 0.4) is 0 Å². The van der Waals surface area contributed by atoms with E-state index in [2.05, 4.69) is 16.5 Å². The van der Waals surface area contributed by atoms with Crippen LogP contribution in [0.2, 0.25) is 0 Å². The first-order valence-corrected chi connectivity index (χ1v) is 12.8. The third kappa shape index (κ3) is 4.32. The first kappa shape index (κ1) is 23.2. The van der Waals surface area contributed by atoms with E-state index in [0.29, 0.717) is 18.8 Å². The highest BCUT2D eigenvalue weighted by atomic mass is 32.2. The van der Waals surface area contributed by atoms with E-state index in [0.717, 1.165) is 44.5 Å². The quantitative estimate of drug-likeness (QED) is 0.442. The summed E-state index contributed by atoms with van der Waals surface area (Å²) in [5.41, 5.74) is 6.11. The van der Waals surface area contributed by atoms with Gasteiger partial charge in [-0.25, -0.2) is 0 Å². The SMILES string of the molecule is Cc1ccc(-c2ccccc2)c(C(=O)N2CCSC2CNC(=O)c2nn(C)c3ccccc23)c1C. The highest BCUT2D eigenvalue weighted by Gasteiger charge is 2.33. The molecule has 178 valence electrons. The van der Waals surface area contributed by atoms with Crippen LogP contribution >= 0.6 is 11.8 Å². The van der Waals surface area contributed by atoms with E-state index < -0.39 is 0 Å². The second kappa shape index (κ2) is 9.58. The zero-order valence-corrected chi connectivity index (χ0v) is 20.9. The molecule has 6 nitrogen and oxygen atoms in total. The van der Waals surface area contributed by atoms with Crippen LogP contribution in [-0.4, -0.2) is 50.7 Å². The largest absolute Gasteiger partial charge is 0.348 e. The molecule has 2 amide bonds. The summed E-state index contributed by atoms with van der Waals surface area (Å²) in [6.07, 6.45) is 0. The van der Waals surface area contributed by atoms with Crippen molar-refractivity contribution in [3.63, 3.8) is 0 Å². The van der Waals surface area contributed by atoms with Crippen molar-refractivity contribution < 1.29 is 9.59 Å². The average Bonchev–Trinajstić information content (AvgIpc) is 3.49. The minimum atomic E-state index is -0.224. The summed E-state index contributed by atoms with van der Waals surface area (Å²) in [6, 6.07) is 21.8. The maximum absolute atomic E-state index is 13.9. The molecule has 1 N–H and O–H groups in total. The number of hydrogen-bond acceptors (Lipinski definition) is 4. The predicted octanol–water partition coefficient (Wildman–Crippen LogP) is 4.80. The predicted molar refractivity (Wildman–Crippen MR) is 142 cm³/mol. The van der Waals surface area contributed by atoms with Crippen LogP contribution in [0.4, 0.5) is 0 Å². The number of carbonyl (C=O) groups is 2. The Kier molecular flexibility index (Phi) is 6.34. The molecule has 1 atom stereocenters. The molecule has 5 rings (SSSR count). The van der Waals surface area contributed by atoms with E-state index in [9.17, 15) is 9.59 Å². The first-order chi connectivity index (χ1) is 17.0. The average molecular weight is 485 g/mol. The number of carbonyl (C=O) groups excluding carboxylic acids is 2. The lowest BCUT2D eigenvalue weighted by Crippen LogP contribution is -2.42. The topological polar surface area (TPSA) is 67.2 Å². The molecule has 0 aliphatic carbocycles. The Balaban J connectivity index is 1.38. The van der Waals surface area contributed by atoms with Crippen molar-refractivity contribution in [2.45, 2.75) is 19.2 Å². The van der Waals surface area contributed by atoms with E-state index >= 15 is 0 Å². The van der Waals surface area contributed by atoms with Gasteiger partial charge in [-0.05, 0) is 42.2 Å². The van der Waals surface area contributed by atoms with Crippen LogP contribution < -0.4 is 5.32 Å². The molecule has 7 heteroatoms. The van der Waals surface area contributed by atoms with E-state index in [-0.39, 0.29) is 17.2 Å². The summed E-state index contributed by atoms with van der Waals surface area (Å²) in [4.78, 5) is 28.8. The number of para-hydroxylation sites is 1. The van der Waals surface area contributed by atoms with Gasteiger partial charge in [0.2, 0.25) is 0 Å². The van der Waals surface area contributed by atoms with Gasteiger partial charge in [-0.2, -0.15) is 5.10 Å². The Morgan fingerprint density at radius 1 is 1.03 bits per heavy atom. The minimum Gasteiger partial charge on any atom is -0.348 e. The fraction of sp³-hybridized carbons (Fsp3) is 0.250. The van der Waals surface area contributed by atoms with E-state index in [1.165, 1.54) is 0 Å². The maximum Gasteiger partial charge on any atom is 0.272 e. The van der Waals surface area contributed by atoms with Gasteiger partial charge in [0.25, 0.3) is 11.8 Å². The van der Waals surface area contributed by atoms with Crippen molar-refractivity contribution in [3.05, 3.63) is 89.1 Å². The summed E-state index contributed by atoms with van der Waals surface area (Å²) in [6.45, 7) is 5.07. The smallest absolute Gasteiger partial charge is 0.272 e. The molecule has 1 aromatic heterocycles. The monoisotopic (exact) mass is 484 g/mol. The Morgan fingerprint density at radius 2 is 1.77 bits per heavy atom. The number of thioether (sulfide) groups is 1. The van der Waals surface area contributed by atoms with Crippen LogP contribution in [0.5, 0.6) is 0 Å². The second-order valence-electron chi connectivity index (χ2n) is 8.82. The standard InChI is InChI=1S/C28H28N4O2S/c1-18-13-14-21(20-9-5-4-6-10-20)25(19(18)2)28(34)32-15-16-35-24(32)17-29-27(33)26-22-11-7-8-12-23(22)31(3)30-26/h4-14,24H,15-17H2,1-3H3,(H,29,33). The zero-order chi connectivity index (χ0) is 24.5. The van der Waals surface area contributed by atoms with Gasteiger partial charge in [0.1, 0.15) is 0 Å². The highest BCUT2D eigenvalue weighted by molar-refractivity contribution is 8.00. The van der Waals surface area contributed by atoms with E-state index in [1.807, 2.05) is 86.5 Å². The molecular formula is C28H28N4O2S. The molecule has 4 aromatic rings. The first-order valence-electron chi connectivity index (χ1n) is 11.7. The number of aryl methyl sites for hydroxylation is 2. The number of benzene rings is 3. The number of hydrogen-bond donors (Lipinski definition) is 1. The number of rotatable bonds is 5. The highest BCUT2D eigenvalue weighted by Crippen LogP contribution is 2.32. The number of fused-ring (bicyclic) bond motifs is 1. The van der Waals surface area contributed by atoms with Gasteiger partial charge in [0.15, 0.2) is 5.69 Å². The van der Waals surface area contributed by atoms with Gasteiger partial charge in [0, 0.05) is 31.3 Å². The molecule has 1 unspecified atom stereocenters. The summed E-state index contributed by atoms with van der Waals surface area (Å²) in [5, 5.41) is 8.13. The van der Waals surface area contributed by atoms with Gasteiger partial charge in [-0.15, -0.1) is 11.8 Å². The van der Waals surface area contributed by atoms with Crippen molar-refractivity contribution in [2.24, 2.45) is 7.05 Å². The van der Waals surface area contributed by atoms with Crippen LogP contribution in [0.15, 0.2) is 66.7 Å². The third-order valence-corrected chi connectivity index (χ3v) is 7.92. The van der Waals surface area contributed by atoms with Gasteiger partial charge in [-0.3, -0.25) is 14.3 Å². The summed E-state index contributed by atoms with van der Waals surface area (Å²) in [7, 11) is 1.83. The normalized spacial score (nSPS) is 15.5. The number of nitrogens with one attached hydrogen (secondary N) is 1. The molecule has 0 bridgehead atoms. The molecule has 3 aromatic carbocycles. The molecule has 1 aliphatic rings. The van der Waals surface area contributed by atoms with Crippen LogP contribution in [0.25, 0.3) is 22.0 Å². The van der Waals surface area contributed by atoms with E-state index in [1.54, 1.807) is 16.4 Å². The molecule has 2 heterocycles. The Labute approximate surface area is 209 Å². The Morgan fingerprint density at radius 3 is 2.57 bits per heavy atom. The minimum absolute atomic E-state index is 0.0117. The van der Waals surface area contributed by atoms with Gasteiger partial charge in [-0.1, -0.05) is 60.7 Å². The summed E-state index contributed by atoms with van der Waals surface area (Å²) in [5.74, 6) is 0.626. The van der Waals surface area contributed by atoms with Gasteiger partial charge in [0.05, 0.1) is 16.5 Å². The lowest BCUT2D eigenvalue weighted by Gasteiger charge is -2.26. The van der Waals surface area contributed by atoms with Crippen molar-refractivity contribution >= 4 is 34.5 Å². The molecular weight excluding hydrogens is 456 g/mol. The van der Waals surface area contributed by atoms with Crippen molar-refractivity contribution in [2.75, 3.05) is 18.8 Å². The third-order valence-electron chi connectivity index (χ3n) is 6.70. The lowest BCUT2D eigenvalue weighted by atomic mass is 9.92. The number of amides is 2. The lowest BCUT2D eigenvalue weighted by molar-refractivity contribution is 0.0751. The summed E-state index contributed by atoms with van der Waals surface area (Å²) >= 11 is 1.70. The van der Waals surface area contributed by atoms with Crippen LogP contribution in [0, 0.1) is 13.8 Å². The molecule has 1 aliphatic heterocycles. The van der Waals surface area contributed by atoms with Crippen LogP contribution in [-0.2, 0) is 7.05 Å². The van der Waals surface area contributed by atoms with Crippen molar-refractivity contribution in [3.8, 4) is 11.1 Å². The van der Waals surface area contributed by atoms with Crippen molar-refractivity contribution in [1.82, 2.24) is 20.0 Å². The fourth-order valence-corrected chi connectivity index (χ4v) is 5.82. The fourth-order valence-electron chi connectivity index (χ4n) is 4.66. The zero-order valence-electron chi connectivity index (χ0n) is 20.1. The second-order valence-corrected chi connectivity index (χ2v) is 10.1.